The van der Waals surface area contributed by atoms with Crippen molar-refractivity contribution in [1.82, 2.24) is 14.7 Å². The molecule has 1 aliphatic heterocycles. The van der Waals surface area contributed by atoms with Gasteiger partial charge in [0, 0.05) is 29.8 Å². The molecule has 2 aromatic heterocycles. The van der Waals surface area contributed by atoms with Crippen LogP contribution in [0.2, 0.25) is 0 Å². The number of thiazole rings is 1. The van der Waals surface area contributed by atoms with Crippen LogP contribution in [0.3, 0.4) is 0 Å². The number of hydrogen-bond donors (Lipinski definition) is 2. The van der Waals surface area contributed by atoms with E-state index in [0.717, 1.165) is 18.2 Å². The molecule has 1 unspecified atom stereocenters. The van der Waals surface area contributed by atoms with Gasteiger partial charge in [-0.05, 0) is 50.2 Å². The van der Waals surface area contributed by atoms with Gasteiger partial charge in [0.2, 0.25) is 0 Å². The molecule has 0 aliphatic carbocycles. The highest BCUT2D eigenvalue weighted by molar-refractivity contribution is 7.15. The largest absolute Gasteiger partial charge is 0.489 e. The molecule has 0 radical (unpaired) electrons. The summed E-state index contributed by atoms with van der Waals surface area (Å²) in [7, 11) is 1.56. The summed E-state index contributed by atoms with van der Waals surface area (Å²) in [6.07, 6.45) is 1.41. The van der Waals surface area contributed by atoms with Crippen LogP contribution in [0.1, 0.15) is 29.9 Å². The van der Waals surface area contributed by atoms with Gasteiger partial charge >= 0.3 is 0 Å². The van der Waals surface area contributed by atoms with Crippen molar-refractivity contribution in [1.29, 1.82) is 0 Å². The predicted molar refractivity (Wildman–Crippen MR) is 138 cm³/mol. The Balaban J connectivity index is 1.37. The number of nitrogens with one attached hydrogen (secondary N) is 1. The van der Waals surface area contributed by atoms with Crippen molar-refractivity contribution in [3.8, 4) is 28.8 Å². The van der Waals surface area contributed by atoms with Crippen LogP contribution in [0.5, 0.6) is 5.75 Å². The van der Waals surface area contributed by atoms with E-state index < -0.39 is 35.1 Å². The van der Waals surface area contributed by atoms with Gasteiger partial charge in [-0.1, -0.05) is 11.8 Å². The van der Waals surface area contributed by atoms with Crippen molar-refractivity contribution < 1.29 is 28.2 Å². The Morgan fingerprint density at radius 3 is 2.82 bits per heavy atom. The minimum atomic E-state index is -1.17. The van der Waals surface area contributed by atoms with Gasteiger partial charge in [-0.2, -0.15) is 0 Å². The lowest BCUT2D eigenvalue weighted by molar-refractivity contribution is -0.120. The molecule has 8 nitrogen and oxygen atoms in total. The molecule has 38 heavy (non-hydrogen) atoms. The molecule has 4 aromatic rings. The second-order valence-corrected chi connectivity index (χ2v) is 10.1. The van der Waals surface area contributed by atoms with Crippen LogP contribution in [0.25, 0.3) is 16.2 Å². The van der Waals surface area contributed by atoms with Crippen molar-refractivity contribution in [2.75, 3.05) is 18.6 Å². The first-order valence-electron chi connectivity index (χ1n) is 11.5. The van der Waals surface area contributed by atoms with E-state index in [9.17, 15) is 23.5 Å². The Hall–Kier alpha value is -4.27. The van der Waals surface area contributed by atoms with Gasteiger partial charge in [0.25, 0.3) is 11.8 Å². The summed E-state index contributed by atoms with van der Waals surface area (Å²) in [5.74, 6) is 3.81. The standard InChI is InChI=1S/C27H22F2N4O4S/c1-27(2,36)9-8-15-4-7-23-21(10-15)32(3)25(35)20(13-37-23)30-24(34)19-12-33-22(14-38-26(33)31-19)17-11-16(28)5-6-18(17)29/h4-7,10-12,14,20,36H,13H2,1-3H3,(H,30,34). The number of carbonyl (C=O) groups is 2. The molecular weight excluding hydrogens is 514 g/mol. The number of nitrogens with zero attached hydrogens (tertiary/aromatic N) is 3. The highest BCUT2D eigenvalue weighted by Gasteiger charge is 2.31. The number of anilines is 1. The molecule has 3 heterocycles. The number of imidazole rings is 1. The number of ether oxygens (including phenoxy) is 1. The number of likely N-dealkylation sites (N-methyl/N-ethyl adjacent to an activating group) is 1. The molecule has 1 aliphatic rings. The first-order valence-corrected chi connectivity index (χ1v) is 12.4. The van der Waals surface area contributed by atoms with Crippen LogP contribution in [0, 0.1) is 23.5 Å². The van der Waals surface area contributed by atoms with Gasteiger partial charge in [0.15, 0.2) is 4.96 Å². The van der Waals surface area contributed by atoms with E-state index in [-0.39, 0.29) is 17.9 Å². The fraction of sp³-hybridized carbons (Fsp3) is 0.222. The number of rotatable bonds is 3. The van der Waals surface area contributed by atoms with Crippen LogP contribution >= 0.6 is 11.3 Å². The molecule has 2 amide bonds. The zero-order valence-electron chi connectivity index (χ0n) is 20.6. The van der Waals surface area contributed by atoms with Crippen molar-refractivity contribution in [3.63, 3.8) is 0 Å². The summed E-state index contributed by atoms with van der Waals surface area (Å²) < 4.78 is 35.4. The summed E-state index contributed by atoms with van der Waals surface area (Å²) in [6, 6.07) is 7.19. The smallest absolute Gasteiger partial charge is 0.272 e. The fourth-order valence-corrected chi connectivity index (χ4v) is 4.79. The van der Waals surface area contributed by atoms with Crippen molar-refractivity contribution in [2.24, 2.45) is 0 Å². The molecule has 5 rings (SSSR count). The highest BCUT2D eigenvalue weighted by Crippen LogP contribution is 2.32. The number of amides is 2. The third kappa shape index (κ3) is 4.96. The zero-order chi connectivity index (χ0) is 27.2. The summed E-state index contributed by atoms with van der Waals surface area (Å²) in [5, 5.41) is 14.1. The third-order valence-corrected chi connectivity index (χ3v) is 6.66. The highest BCUT2D eigenvalue weighted by atomic mass is 32.1. The number of hydrogen-bond acceptors (Lipinski definition) is 6. The topological polar surface area (TPSA) is 96.2 Å². The summed E-state index contributed by atoms with van der Waals surface area (Å²) >= 11 is 1.17. The second-order valence-electron chi connectivity index (χ2n) is 9.25. The minimum Gasteiger partial charge on any atom is -0.489 e. The van der Waals surface area contributed by atoms with Crippen molar-refractivity contribution in [3.05, 3.63) is 70.9 Å². The van der Waals surface area contributed by atoms with Crippen LogP contribution < -0.4 is 15.0 Å². The predicted octanol–water partition coefficient (Wildman–Crippen LogP) is 3.62. The molecule has 2 aromatic carbocycles. The van der Waals surface area contributed by atoms with E-state index in [1.54, 1.807) is 44.5 Å². The average Bonchev–Trinajstić information content (AvgIpc) is 3.44. The maximum absolute atomic E-state index is 14.3. The van der Waals surface area contributed by atoms with Crippen molar-refractivity contribution in [2.45, 2.75) is 25.5 Å². The minimum absolute atomic E-state index is 0.0105. The summed E-state index contributed by atoms with van der Waals surface area (Å²) in [6.45, 7) is 3.03. The first kappa shape index (κ1) is 25.4. The average molecular weight is 537 g/mol. The Labute approximate surface area is 220 Å². The number of benzene rings is 2. The molecule has 0 spiro atoms. The number of aliphatic hydroxyl groups is 1. The molecule has 0 bridgehead atoms. The normalized spacial score (nSPS) is 15.4. The maximum atomic E-state index is 14.3. The second kappa shape index (κ2) is 9.55. The lowest BCUT2D eigenvalue weighted by Gasteiger charge is -2.20. The van der Waals surface area contributed by atoms with E-state index >= 15 is 0 Å². The Morgan fingerprint density at radius 1 is 1.26 bits per heavy atom. The molecule has 194 valence electrons. The van der Waals surface area contributed by atoms with Gasteiger partial charge in [-0.15, -0.1) is 11.3 Å². The molecule has 0 saturated carbocycles. The van der Waals surface area contributed by atoms with Gasteiger partial charge in [-0.25, -0.2) is 13.8 Å². The lowest BCUT2D eigenvalue weighted by Crippen LogP contribution is -2.49. The Kier molecular flexibility index (Phi) is 6.38. The third-order valence-electron chi connectivity index (χ3n) is 5.82. The monoisotopic (exact) mass is 536 g/mol. The maximum Gasteiger partial charge on any atom is 0.272 e. The quantitative estimate of drug-likeness (QED) is 0.390. The summed E-state index contributed by atoms with van der Waals surface area (Å²) in [4.78, 5) is 32.3. The van der Waals surface area contributed by atoms with Crippen LogP contribution in [0.15, 0.2) is 48.0 Å². The van der Waals surface area contributed by atoms with Crippen LogP contribution in [-0.4, -0.2) is 51.6 Å². The fourth-order valence-electron chi connectivity index (χ4n) is 3.92. The zero-order valence-corrected chi connectivity index (χ0v) is 21.4. The van der Waals surface area contributed by atoms with E-state index in [4.69, 9.17) is 4.74 Å². The molecule has 11 heteroatoms. The number of halogens is 2. The lowest BCUT2D eigenvalue weighted by atomic mass is 10.1. The number of carbonyl (C=O) groups excluding carboxylic acids is 2. The Bertz CT molecular complexity index is 1640. The Morgan fingerprint density at radius 2 is 2.05 bits per heavy atom. The molecular formula is C27H22F2N4O4S. The molecule has 1 atom stereocenters. The van der Waals surface area contributed by atoms with Gasteiger partial charge in [0.1, 0.15) is 41.3 Å². The van der Waals surface area contributed by atoms with Gasteiger partial charge in [0.05, 0.1) is 11.4 Å². The first-order chi connectivity index (χ1) is 18.0. The van der Waals surface area contributed by atoms with Gasteiger partial charge < -0.3 is 20.1 Å². The van der Waals surface area contributed by atoms with Gasteiger partial charge in [-0.3, -0.25) is 14.0 Å². The molecule has 0 saturated heterocycles. The van der Waals surface area contributed by atoms with E-state index in [0.29, 0.717) is 27.7 Å². The van der Waals surface area contributed by atoms with Crippen LogP contribution in [0.4, 0.5) is 14.5 Å². The van der Waals surface area contributed by atoms with E-state index in [1.807, 2.05) is 0 Å². The van der Waals surface area contributed by atoms with E-state index in [2.05, 4.69) is 22.1 Å². The SMILES string of the molecule is CN1C(=O)C(NC(=O)c2cn3c(-c4cc(F)ccc4F)csc3n2)COc2ccc(C#CC(C)(C)O)cc21. The number of fused-ring (bicyclic) bond motifs is 2. The van der Waals surface area contributed by atoms with Crippen LogP contribution in [-0.2, 0) is 4.79 Å². The molecule has 0 fully saturated rings. The van der Waals surface area contributed by atoms with Crippen molar-refractivity contribution >= 4 is 33.8 Å². The summed E-state index contributed by atoms with van der Waals surface area (Å²) in [5.41, 5.74) is 0.281. The molecule has 2 N–H and O–H groups in total. The number of aromatic nitrogens is 2. The van der Waals surface area contributed by atoms with E-state index in [1.165, 1.54) is 26.8 Å².